The highest BCUT2D eigenvalue weighted by Crippen LogP contribution is 2.27. The molecule has 0 atom stereocenters. The molecule has 0 amide bonds. The topological polar surface area (TPSA) is 80.7 Å². The molecule has 0 aliphatic heterocycles. The lowest BCUT2D eigenvalue weighted by Crippen LogP contribution is -2.11. The SMILES string of the molecule is Cc1ccc(S(=O)(=O)/C(C#N)=C/c2cc(C)n(-c3ccnn3C(C)C)c2C)cc1. The van der Waals surface area contributed by atoms with Crippen LogP contribution in [0.15, 0.2) is 52.4 Å². The number of hydrogen-bond donors (Lipinski definition) is 0. The van der Waals surface area contributed by atoms with Crippen molar-refractivity contribution >= 4 is 15.9 Å². The normalized spacial score (nSPS) is 12.4. The number of allylic oxidation sites excluding steroid dienone is 1. The lowest BCUT2D eigenvalue weighted by molar-refractivity contribution is 0.519. The fourth-order valence-corrected chi connectivity index (χ4v) is 4.47. The van der Waals surface area contributed by atoms with Crippen molar-refractivity contribution in [3.8, 4) is 11.9 Å². The minimum absolute atomic E-state index is 0.114. The maximum absolute atomic E-state index is 12.9. The third-order valence-electron chi connectivity index (χ3n) is 4.86. The van der Waals surface area contributed by atoms with Gasteiger partial charge < -0.3 is 4.57 Å². The average molecular weight is 409 g/mol. The van der Waals surface area contributed by atoms with Crippen molar-refractivity contribution in [1.29, 1.82) is 5.26 Å². The van der Waals surface area contributed by atoms with Crippen LogP contribution in [0.4, 0.5) is 0 Å². The molecule has 0 bridgehead atoms. The summed E-state index contributed by atoms with van der Waals surface area (Å²) >= 11 is 0. The van der Waals surface area contributed by atoms with Crippen molar-refractivity contribution < 1.29 is 8.42 Å². The van der Waals surface area contributed by atoms with Gasteiger partial charge in [0.2, 0.25) is 9.84 Å². The average Bonchev–Trinajstić information content (AvgIpc) is 3.24. The van der Waals surface area contributed by atoms with Gasteiger partial charge >= 0.3 is 0 Å². The highest BCUT2D eigenvalue weighted by molar-refractivity contribution is 7.95. The highest BCUT2D eigenvalue weighted by Gasteiger charge is 2.22. The monoisotopic (exact) mass is 408 g/mol. The van der Waals surface area contributed by atoms with E-state index in [0.29, 0.717) is 5.56 Å². The molecule has 3 aromatic rings. The minimum atomic E-state index is -3.89. The van der Waals surface area contributed by atoms with Gasteiger partial charge in [0.15, 0.2) is 0 Å². The molecule has 0 saturated carbocycles. The fraction of sp³-hybridized carbons (Fsp3) is 0.273. The smallest absolute Gasteiger partial charge is 0.216 e. The largest absolute Gasteiger partial charge is 0.303 e. The summed E-state index contributed by atoms with van der Waals surface area (Å²) in [4.78, 5) is -0.165. The van der Waals surface area contributed by atoms with Crippen LogP contribution in [-0.4, -0.2) is 22.8 Å². The van der Waals surface area contributed by atoms with Crippen molar-refractivity contribution in [2.45, 2.75) is 45.6 Å². The number of sulfone groups is 1. The van der Waals surface area contributed by atoms with E-state index < -0.39 is 9.84 Å². The van der Waals surface area contributed by atoms with Crippen molar-refractivity contribution in [3.05, 3.63) is 70.0 Å². The van der Waals surface area contributed by atoms with Gasteiger partial charge in [-0.3, -0.25) is 0 Å². The predicted molar refractivity (Wildman–Crippen MR) is 113 cm³/mol. The van der Waals surface area contributed by atoms with Crippen molar-refractivity contribution in [3.63, 3.8) is 0 Å². The molecular weight excluding hydrogens is 384 g/mol. The van der Waals surface area contributed by atoms with Gasteiger partial charge in [0.1, 0.15) is 16.8 Å². The molecule has 7 heteroatoms. The quantitative estimate of drug-likeness (QED) is 0.581. The zero-order valence-corrected chi connectivity index (χ0v) is 18.0. The van der Waals surface area contributed by atoms with Crippen LogP contribution in [0.2, 0.25) is 0 Å². The van der Waals surface area contributed by atoms with Crippen LogP contribution in [0.3, 0.4) is 0 Å². The molecule has 150 valence electrons. The van der Waals surface area contributed by atoms with Gasteiger partial charge in [-0.15, -0.1) is 0 Å². The van der Waals surface area contributed by atoms with Gasteiger partial charge in [0.05, 0.1) is 11.1 Å². The van der Waals surface area contributed by atoms with E-state index in [9.17, 15) is 13.7 Å². The van der Waals surface area contributed by atoms with Crippen LogP contribution in [0, 0.1) is 32.1 Å². The Labute approximate surface area is 171 Å². The van der Waals surface area contributed by atoms with Crippen LogP contribution in [-0.2, 0) is 9.84 Å². The van der Waals surface area contributed by atoms with E-state index in [1.54, 1.807) is 18.3 Å². The van der Waals surface area contributed by atoms with E-state index in [1.165, 1.54) is 18.2 Å². The zero-order valence-electron chi connectivity index (χ0n) is 17.2. The molecule has 3 rings (SSSR count). The Hall–Kier alpha value is -3.11. The number of nitrogens with zero attached hydrogens (tertiary/aromatic N) is 4. The lowest BCUT2D eigenvalue weighted by Gasteiger charge is -2.15. The first-order chi connectivity index (χ1) is 13.7. The molecule has 6 nitrogen and oxygen atoms in total. The minimum Gasteiger partial charge on any atom is -0.303 e. The Balaban J connectivity index is 2.11. The molecule has 0 aliphatic rings. The van der Waals surface area contributed by atoms with E-state index in [0.717, 1.165) is 22.8 Å². The van der Waals surface area contributed by atoms with Gasteiger partial charge in [-0.1, -0.05) is 17.7 Å². The lowest BCUT2D eigenvalue weighted by atomic mass is 10.2. The highest BCUT2D eigenvalue weighted by atomic mass is 32.2. The maximum Gasteiger partial charge on any atom is 0.216 e. The Morgan fingerprint density at radius 2 is 1.79 bits per heavy atom. The summed E-state index contributed by atoms with van der Waals surface area (Å²) in [5.74, 6) is 0.898. The van der Waals surface area contributed by atoms with Gasteiger partial charge in [-0.2, -0.15) is 10.4 Å². The Kier molecular flexibility index (Phi) is 5.49. The van der Waals surface area contributed by atoms with E-state index >= 15 is 0 Å². The molecule has 29 heavy (non-hydrogen) atoms. The second kappa shape index (κ2) is 7.72. The number of aryl methyl sites for hydroxylation is 2. The first-order valence-electron chi connectivity index (χ1n) is 9.33. The Morgan fingerprint density at radius 1 is 1.14 bits per heavy atom. The first kappa shape index (κ1) is 20.6. The van der Waals surface area contributed by atoms with Gasteiger partial charge in [0.25, 0.3) is 0 Å². The summed E-state index contributed by atoms with van der Waals surface area (Å²) in [5.41, 5.74) is 3.42. The molecule has 0 N–H and O–H groups in total. The summed E-state index contributed by atoms with van der Waals surface area (Å²) in [5, 5.41) is 14.0. The number of rotatable bonds is 5. The number of aromatic nitrogens is 3. The number of hydrogen-bond acceptors (Lipinski definition) is 4. The molecule has 2 heterocycles. The number of benzene rings is 1. The summed E-state index contributed by atoms with van der Waals surface area (Å²) in [6.45, 7) is 9.83. The molecule has 0 fully saturated rings. The standard InChI is InChI=1S/C22H24N4O2S/c1-15(2)26-22(10-11-24-26)25-17(4)12-19(18(25)5)13-21(14-23)29(27,28)20-8-6-16(3)7-9-20/h6-13,15H,1-5H3/b21-13+. The van der Waals surface area contributed by atoms with Crippen LogP contribution in [0.5, 0.6) is 0 Å². The third-order valence-corrected chi connectivity index (χ3v) is 6.54. The molecule has 0 radical (unpaired) electrons. The second-order valence-corrected chi connectivity index (χ2v) is 9.24. The third kappa shape index (κ3) is 3.76. The van der Waals surface area contributed by atoms with E-state index in [-0.39, 0.29) is 15.8 Å². The summed E-state index contributed by atoms with van der Waals surface area (Å²) in [7, 11) is -3.89. The zero-order chi connectivity index (χ0) is 21.3. The Morgan fingerprint density at radius 3 is 2.38 bits per heavy atom. The van der Waals surface area contributed by atoms with E-state index in [4.69, 9.17) is 0 Å². The number of nitriles is 1. The summed E-state index contributed by atoms with van der Waals surface area (Å²) in [6, 6.07) is 12.4. The van der Waals surface area contributed by atoms with Gasteiger partial charge in [-0.25, -0.2) is 13.1 Å². The summed E-state index contributed by atoms with van der Waals surface area (Å²) in [6.07, 6.45) is 3.19. The molecule has 1 aromatic carbocycles. The van der Waals surface area contributed by atoms with Crippen molar-refractivity contribution in [1.82, 2.24) is 14.3 Å². The molecule has 0 aliphatic carbocycles. The Bertz CT molecular complexity index is 1220. The molecule has 0 saturated heterocycles. The maximum atomic E-state index is 12.9. The second-order valence-electron chi connectivity index (χ2n) is 7.33. The molecule has 2 aromatic heterocycles. The molecule has 0 spiro atoms. The van der Waals surface area contributed by atoms with Crippen LogP contribution < -0.4 is 0 Å². The molecular formula is C22H24N4O2S. The fourth-order valence-electron chi connectivity index (χ4n) is 3.32. The van der Waals surface area contributed by atoms with Crippen LogP contribution in [0.25, 0.3) is 11.9 Å². The van der Waals surface area contributed by atoms with Crippen molar-refractivity contribution in [2.24, 2.45) is 0 Å². The van der Waals surface area contributed by atoms with Crippen molar-refractivity contribution in [2.75, 3.05) is 0 Å². The van der Waals surface area contributed by atoms with E-state index in [2.05, 4.69) is 5.10 Å². The van der Waals surface area contributed by atoms with Crippen LogP contribution in [0.1, 0.15) is 42.4 Å². The summed E-state index contributed by atoms with van der Waals surface area (Å²) < 4.78 is 29.8. The van der Waals surface area contributed by atoms with Gasteiger partial charge in [0, 0.05) is 23.5 Å². The van der Waals surface area contributed by atoms with Crippen LogP contribution >= 0.6 is 0 Å². The van der Waals surface area contributed by atoms with Gasteiger partial charge in [-0.05, 0) is 64.5 Å². The first-order valence-corrected chi connectivity index (χ1v) is 10.8. The molecule has 0 unspecified atom stereocenters. The van der Waals surface area contributed by atoms with E-state index in [1.807, 2.05) is 62.1 Å². The predicted octanol–water partition coefficient (Wildman–Crippen LogP) is 4.52.